The van der Waals surface area contributed by atoms with E-state index in [1.807, 2.05) is 30.1 Å². The molecule has 2 aromatic carbocycles. The van der Waals surface area contributed by atoms with Crippen LogP contribution in [0.2, 0.25) is 0 Å². The number of hydrogen-bond donors (Lipinski definition) is 1. The molecule has 22 heavy (non-hydrogen) atoms. The van der Waals surface area contributed by atoms with Crippen LogP contribution in [0.25, 0.3) is 0 Å². The van der Waals surface area contributed by atoms with Crippen molar-refractivity contribution in [2.24, 2.45) is 4.99 Å². The highest BCUT2D eigenvalue weighted by atomic mass is 127. The van der Waals surface area contributed by atoms with Gasteiger partial charge < -0.3 is 10.2 Å². The Morgan fingerprint density at radius 2 is 1.68 bits per heavy atom. The Morgan fingerprint density at radius 1 is 1.05 bits per heavy atom. The Labute approximate surface area is 148 Å². The van der Waals surface area contributed by atoms with Crippen LogP contribution in [0.4, 0.5) is 4.39 Å². The molecule has 0 spiro atoms. The first-order chi connectivity index (χ1) is 10.2. The van der Waals surface area contributed by atoms with Gasteiger partial charge in [-0.2, -0.15) is 0 Å². The van der Waals surface area contributed by atoms with Gasteiger partial charge in [-0.25, -0.2) is 4.39 Å². The summed E-state index contributed by atoms with van der Waals surface area (Å²) in [4.78, 5) is 6.28. The zero-order chi connectivity index (χ0) is 15.1. The van der Waals surface area contributed by atoms with Crippen LogP contribution in [0.3, 0.4) is 0 Å². The van der Waals surface area contributed by atoms with Crippen molar-refractivity contribution >= 4 is 29.9 Å². The average molecular weight is 413 g/mol. The first kappa shape index (κ1) is 18.4. The quantitative estimate of drug-likeness (QED) is 0.471. The van der Waals surface area contributed by atoms with E-state index in [-0.39, 0.29) is 29.8 Å². The largest absolute Gasteiger partial charge is 0.352 e. The van der Waals surface area contributed by atoms with E-state index in [0.29, 0.717) is 6.54 Å². The summed E-state index contributed by atoms with van der Waals surface area (Å²) in [7, 11) is 3.72. The minimum Gasteiger partial charge on any atom is -0.352 e. The van der Waals surface area contributed by atoms with Crippen molar-refractivity contribution in [3.8, 4) is 0 Å². The summed E-state index contributed by atoms with van der Waals surface area (Å²) in [6.07, 6.45) is 0. The summed E-state index contributed by atoms with van der Waals surface area (Å²) in [6, 6.07) is 16.7. The van der Waals surface area contributed by atoms with Gasteiger partial charge in [0.15, 0.2) is 5.96 Å². The van der Waals surface area contributed by atoms with Gasteiger partial charge in [-0.15, -0.1) is 24.0 Å². The van der Waals surface area contributed by atoms with Crippen LogP contribution in [0, 0.1) is 5.82 Å². The van der Waals surface area contributed by atoms with Crippen LogP contribution in [0.5, 0.6) is 0 Å². The van der Waals surface area contributed by atoms with Crippen LogP contribution in [0.15, 0.2) is 59.6 Å². The maximum Gasteiger partial charge on any atom is 0.193 e. The fraction of sp³-hybridized carbons (Fsp3) is 0.235. The fourth-order valence-corrected chi connectivity index (χ4v) is 2.10. The highest BCUT2D eigenvalue weighted by Gasteiger charge is 2.06. The van der Waals surface area contributed by atoms with Gasteiger partial charge in [0, 0.05) is 27.2 Å². The molecule has 0 fully saturated rings. The third-order valence-corrected chi connectivity index (χ3v) is 3.20. The van der Waals surface area contributed by atoms with E-state index in [0.717, 1.165) is 18.1 Å². The lowest BCUT2D eigenvalue weighted by Gasteiger charge is -2.22. The predicted molar refractivity (Wildman–Crippen MR) is 99.9 cm³/mol. The lowest BCUT2D eigenvalue weighted by atomic mass is 10.2. The zero-order valence-corrected chi connectivity index (χ0v) is 15.1. The fourth-order valence-electron chi connectivity index (χ4n) is 2.10. The number of halogens is 2. The van der Waals surface area contributed by atoms with Gasteiger partial charge >= 0.3 is 0 Å². The maximum atomic E-state index is 12.9. The number of benzene rings is 2. The molecule has 0 bridgehead atoms. The second-order valence-electron chi connectivity index (χ2n) is 4.87. The molecule has 0 aromatic heterocycles. The van der Waals surface area contributed by atoms with Gasteiger partial charge in [0.25, 0.3) is 0 Å². The molecule has 0 saturated carbocycles. The molecule has 2 rings (SSSR count). The van der Waals surface area contributed by atoms with E-state index in [4.69, 9.17) is 0 Å². The molecule has 0 aliphatic rings. The van der Waals surface area contributed by atoms with Crippen molar-refractivity contribution in [3.05, 3.63) is 71.5 Å². The molecule has 0 amide bonds. The number of nitrogens with one attached hydrogen (secondary N) is 1. The molecule has 0 unspecified atom stereocenters. The standard InChI is InChI=1S/C17H20FN3.HI/c1-19-17(20-12-14-6-4-3-5-7-14)21(2)13-15-8-10-16(18)11-9-15;/h3-11H,12-13H2,1-2H3,(H,19,20);1H. The van der Waals surface area contributed by atoms with Crippen molar-refractivity contribution < 1.29 is 4.39 Å². The number of nitrogens with zero attached hydrogens (tertiary/aromatic N) is 2. The second kappa shape index (κ2) is 9.40. The average Bonchev–Trinajstić information content (AvgIpc) is 2.51. The molecule has 118 valence electrons. The van der Waals surface area contributed by atoms with Crippen molar-refractivity contribution in [2.75, 3.05) is 14.1 Å². The molecule has 3 nitrogen and oxygen atoms in total. The Bertz CT molecular complexity index is 585. The smallest absolute Gasteiger partial charge is 0.193 e. The minimum absolute atomic E-state index is 0. The lowest BCUT2D eigenvalue weighted by molar-refractivity contribution is 0.476. The van der Waals surface area contributed by atoms with E-state index in [1.165, 1.54) is 17.7 Å². The molecule has 2 aromatic rings. The molecule has 5 heteroatoms. The molecule has 0 radical (unpaired) electrons. The lowest BCUT2D eigenvalue weighted by Crippen LogP contribution is -2.38. The topological polar surface area (TPSA) is 27.6 Å². The molecule has 0 aliphatic carbocycles. The number of hydrogen-bond acceptors (Lipinski definition) is 1. The van der Waals surface area contributed by atoms with Crippen molar-refractivity contribution in [2.45, 2.75) is 13.1 Å². The highest BCUT2D eigenvalue weighted by Crippen LogP contribution is 2.06. The summed E-state index contributed by atoms with van der Waals surface area (Å²) in [5.41, 5.74) is 2.25. The van der Waals surface area contributed by atoms with E-state index in [2.05, 4.69) is 22.4 Å². The third kappa shape index (κ3) is 5.63. The normalized spacial score (nSPS) is 10.8. The molecule has 0 saturated heterocycles. The van der Waals surface area contributed by atoms with E-state index in [9.17, 15) is 4.39 Å². The summed E-state index contributed by atoms with van der Waals surface area (Å²) >= 11 is 0. The van der Waals surface area contributed by atoms with Gasteiger partial charge in [0.05, 0.1) is 0 Å². The second-order valence-corrected chi connectivity index (χ2v) is 4.87. The minimum atomic E-state index is -0.215. The SMILES string of the molecule is CN=C(NCc1ccccc1)N(C)Cc1ccc(F)cc1.I. The van der Waals surface area contributed by atoms with E-state index in [1.54, 1.807) is 19.2 Å². The Kier molecular flexibility index (Phi) is 7.87. The number of guanidine groups is 1. The Balaban J connectivity index is 0.00000242. The van der Waals surface area contributed by atoms with Gasteiger partial charge in [0.1, 0.15) is 5.82 Å². The van der Waals surface area contributed by atoms with Crippen LogP contribution in [0.1, 0.15) is 11.1 Å². The zero-order valence-electron chi connectivity index (χ0n) is 12.8. The third-order valence-electron chi connectivity index (χ3n) is 3.20. The highest BCUT2D eigenvalue weighted by molar-refractivity contribution is 14.0. The molecule has 1 N–H and O–H groups in total. The molecular formula is C17H21FIN3. The summed E-state index contributed by atoms with van der Waals surface area (Å²) in [5.74, 6) is 0.594. The van der Waals surface area contributed by atoms with Gasteiger partial charge in [0.2, 0.25) is 0 Å². The summed E-state index contributed by atoms with van der Waals surface area (Å²) in [6.45, 7) is 1.40. The van der Waals surface area contributed by atoms with Gasteiger partial charge in [-0.3, -0.25) is 4.99 Å². The van der Waals surface area contributed by atoms with E-state index < -0.39 is 0 Å². The van der Waals surface area contributed by atoms with Crippen molar-refractivity contribution in [1.82, 2.24) is 10.2 Å². The van der Waals surface area contributed by atoms with Crippen LogP contribution >= 0.6 is 24.0 Å². The van der Waals surface area contributed by atoms with Gasteiger partial charge in [-0.05, 0) is 23.3 Å². The molecular weight excluding hydrogens is 392 g/mol. The monoisotopic (exact) mass is 413 g/mol. The first-order valence-corrected chi connectivity index (χ1v) is 6.89. The van der Waals surface area contributed by atoms with E-state index >= 15 is 0 Å². The molecule has 0 atom stereocenters. The first-order valence-electron chi connectivity index (χ1n) is 6.89. The van der Waals surface area contributed by atoms with Crippen LogP contribution in [-0.2, 0) is 13.1 Å². The molecule has 0 heterocycles. The Morgan fingerprint density at radius 3 is 2.27 bits per heavy atom. The van der Waals surface area contributed by atoms with Crippen molar-refractivity contribution in [1.29, 1.82) is 0 Å². The number of aliphatic imine (C=N–C) groups is 1. The summed E-state index contributed by atoms with van der Waals surface area (Å²) < 4.78 is 12.9. The number of rotatable bonds is 4. The molecule has 0 aliphatic heterocycles. The van der Waals surface area contributed by atoms with Crippen LogP contribution in [-0.4, -0.2) is 25.0 Å². The summed E-state index contributed by atoms with van der Waals surface area (Å²) in [5, 5.41) is 3.32. The Hall–Kier alpha value is -1.63. The maximum absolute atomic E-state index is 12.9. The predicted octanol–water partition coefficient (Wildman–Crippen LogP) is 3.65. The van der Waals surface area contributed by atoms with Crippen molar-refractivity contribution in [3.63, 3.8) is 0 Å². The van der Waals surface area contributed by atoms with Crippen LogP contribution < -0.4 is 5.32 Å². The van der Waals surface area contributed by atoms with Gasteiger partial charge in [-0.1, -0.05) is 42.5 Å².